The van der Waals surface area contributed by atoms with Crippen LogP contribution in [0.1, 0.15) is 394 Å². The van der Waals surface area contributed by atoms with Gasteiger partial charge >= 0.3 is 39.5 Å². The van der Waals surface area contributed by atoms with Crippen LogP contribution in [0.5, 0.6) is 0 Å². The largest absolute Gasteiger partial charge is 0.472 e. The van der Waals surface area contributed by atoms with Gasteiger partial charge in [-0.15, -0.1) is 0 Å². The number of aliphatic hydroxyl groups is 1. The SMILES string of the molecule is CCCCCCCCCCCCCCCCCCCCC(=O)OC[C@H](COP(=O)(O)OC[C@@H](O)COP(=O)(O)OC[C@@H](COC(=O)CCCCCCCCCCC)OC(=O)CCCCCCCCCCC)OC(=O)CCCCCCCCCCCCCCCCC(C)CC. The number of phosphoric acid groups is 2. The summed E-state index contributed by atoms with van der Waals surface area (Å²) >= 11 is 0. The summed E-state index contributed by atoms with van der Waals surface area (Å²) in [6, 6.07) is 0. The maximum absolute atomic E-state index is 13.1. The zero-order valence-corrected chi connectivity index (χ0v) is 62.9. The highest BCUT2D eigenvalue weighted by Crippen LogP contribution is 2.45. The molecule has 0 aromatic rings. The molecule has 94 heavy (non-hydrogen) atoms. The average Bonchev–Trinajstić information content (AvgIpc) is 2.37. The van der Waals surface area contributed by atoms with E-state index in [0.717, 1.165) is 95.8 Å². The van der Waals surface area contributed by atoms with Crippen molar-refractivity contribution >= 4 is 39.5 Å². The summed E-state index contributed by atoms with van der Waals surface area (Å²) < 4.78 is 68.4. The number of ether oxygens (including phenoxy) is 4. The van der Waals surface area contributed by atoms with Crippen LogP contribution in [0.15, 0.2) is 0 Å². The molecule has 558 valence electrons. The van der Waals surface area contributed by atoms with E-state index in [1.807, 2.05) is 0 Å². The quantitative estimate of drug-likeness (QED) is 0.0222. The molecule has 6 atom stereocenters. The molecule has 0 fully saturated rings. The zero-order valence-electron chi connectivity index (χ0n) is 61.1. The van der Waals surface area contributed by atoms with Crippen LogP contribution in [0.3, 0.4) is 0 Å². The number of aliphatic hydroxyl groups excluding tert-OH is 1. The van der Waals surface area contributed by atoms with Crippen LogP contribution >= 0.6 is 15.6 Å². The molecule has 3 N–H and O–H groups in total. The first-order chi connectivity index (χ1) is 45.6. The molecule has 0 aromatic carbocycles. The Balaban J connectivity index is 5.19. The van der Waals surface area contributed by atoms with Gasteiger partial charge < -0.3 is 33.8 Å². The van der Waals surface area contributed by atoms with Gasteiger partial charge in [-0.05, 0) is 31.6 Å². The summed E-state index contributed by atoms with van der Waals surface area (Å²) in [5, 5.41) is 10.6. The second kappa shape index (κ2) is 68.2. The Morgan fingerprint density at radius 1 is 0.298 bits per heavy atom. The Morgan fingerprint density at radius 3 is 0.755 bits per heavy atom. The molecular weight excluding hydrogens is 1230 g/mol. The third-order valence-electron chi connectivity index (χ3n) is 17.9. The van der Waals surface area contributed by atoms with Gasteiger partial charge in [0.2, 0.25) is 0 Å². The lowest BCUT2D eigenvalue weighted by atomic mass is 9.99. The van der Waals surface area contributed by atoms with Crippen LogP contribution in [0.2, 0.25) is 0 Å². The Kier molecular flexibility index (Phi) is 66.8. The predicted molar refractivity (Wildman–Crippen MR) is 382 cm³/mol. The normalized spacial score (nSPS) is 14.3. The van der Waals surface area contributed by atoms with Gasteiger partial charge in [0.1, 0.15) is 19.3 Å². The van der Waals surface area contributed by atoms with Gasteiger partial charge in [0.25, 0.3) is 0 Å². The molecule has 0 rings (SSSR count). The van der Waals surface area contributed by atoms with Crippen molar-refractivity contribution in [3.8, 4) is 0 Å². The number of carbonyl (C=O) groups excluding carboxylic acids is 4. The number of carbonyl (C=O) groups is 4. The molecule has 0 saturated heterocycles. The van der Waals surface area contributed by atoms with Crippen molar-refractivity contribution in [2.24, 2.45) is 5.92 Å². The van der Waals surface area contributed by atoms with Crippen molar-refractivity contribution in [1.29, 1.82) is 0 Å². The Morgan fingerprint density at radius 2 is 0.511 bits per heavy atom. The second-order valence-electron chi connectivity index (χ2n) is 27.3. The summed E-state index contributed by atoms with van der Waals surface area (Å²) in [4.78, 5) is 72.6. The number of phosphoric ester groups is 2. The van der Waals surface area contributed by atoms with Crippen molar-refractivity contribution in [3.05, 3.63) is 0 Å². The number of hydrogen-bond acceptors (Lipinski definition) is 15. The third-order valence-corrected chi connectivity index (χ3v) is 19.8. The number of unbranched alkanes of at least 4 members (excludes halogenated alkanes) is 46. The predicted octanol–water partition coefficient (Wildman–Crippen LogP) is 22.1. The van der Waals surface area contributed by atoms with Crippen LogP contribution in [-0.4, -0.2) is 96.7 Å². The molecule has 0 spiro atoms. The van der Waals surface area contributed by atoms with Crippen LogP contribution in [0.4, 0.5) is 0 Å². The van der Waals surface area contributed by atoms with Crippen molar-refractivity contribution < 1.29 is 80.2 Å². The topological polar surface area (TPSA) is 237 Å². The van der Waals surface area contributed by atoms with E-state index in [-0.39, 0.29) is 25.7 Å². The summed E-state index contributed by atoms with van der Waals surface area (Å²) in [5.41, 5.74) is 0. The van der Waals surface area contributed by atoms with E-state index in [4.69, 9.17) is 37.0 Å². The maximum Gasteiger partial charge on any atom is 0.472 e. The first-order valence-corrected chi connectivity index (χ1v) is 42.2. The standard InChI is InChI=1S/C75H146O17P2/c1-6-10-13-16-19-22-23-24-25-26-27-28-32-35-40-44-49-54-59-73(78)86-65-71(92-75(80)61-56-51-46-41-36-33-30-29-31-34-39-42-47-52-57-68(5)9-4)67-90-94(83,84)88-63-69(76)62-87-93(81,82)89-66-70(91-74(79)60-55-50-45-38-21-18-15-12-8-3)64-85-72(77)58-53-48-43-37-20-17-14-11-7-2/h68-71,76H,6-67H2,1-5H3,(H,81,82)(H,83,84)/t68?,69-,70+,71+/m0/s1. The van der Waals surface area contributed by atoms with E-state index in [9.17, 15) is 43.2 Å². The minimum Gasteiger partial charge on any atom is -0.462 e. The summed E-state index contributed by atoms with van der Waals surface area (Å²) in [7, 11) is -9.90. The Labute approximate surface area is 575 Å². The highest BCUT2D eigenvalue weighted by atomic mass is 31.2. The molecular formula is C75H146O17P2. The molecule has 0 aromatic heterocycles. The minimum absolute atomic E-state index is 0.106. The van der Waals surface area contributed by atoms with Crippen LogP contribution in [0, 0.1) is 5.92 Å². The van der Waals surface area contributed by atoms with E-state index < -0.39 is 97.5 Å². The average molecular weight is 1380 g/mol. The van der Waals surface area contributed by atoms with E-state index >= 15 is 0 Å². The van der Waals surface area contributed by atoms with Crippen molar-refractivity contribution in [2.45, 2.75) is 412 Å². The fraction of sp³-hybridized carbons (Fsp3) is 0.947. The fourth-order valence-electron chi connectivity index (χ4n) is 11.5. The lowest BCUT2D eigenvalue weighted by molar-refractivity contribution is -0.161. The van der Waals surface area contributed by atoms with Crippen molar-refractivity contribution in [3.63, 3.8) is 0 Å². The Bertz CT molecular complexity index is 1810. The molecule has 3 unspecified atom stereocenters. The molecule has 0 saturated carbocycles. The van der Waals surface area contributed by atoms with Gasteiger partial charge in [0.15, 0.2) is 12.2 Å². The molecule has 0 radical (unpaired) electrons. The summed E-state index contributed by atoms with van der Waals surface area (Å²) in [5.74, 6) is -1.27. The minimum atomic E-state index is -4.96. The molecule has 0 aliphatic heterocycles. The molecule has 0 aliphatic rings. The Hall–Kier alpha value is -1.94. The first kappa shape index (κ1) is 92.1. The zero-order chi connectivity index (χ0) is 69.1. The molecule has 17 nitrogen and oxygen atoms in total. The second-order valence-corrected chi connectivity index (χ2v) is 30.2. The molecule has 0 aliphatic carbocycles. The monoisotopic (exact) mass is 1380 g/mol. The number of hydrogen-bond donors (Lipinski definition) is 3. The van der Waals surface area contributed by atoms with Gasteiger partial charge in [-0.25, -0.2) is 9.13 Å². The van der Waals surface area contributed by atoms with Crippen molar-refractivity contribution in [1.82, 2.24) is 0 Å². The highest BCUT2D eigenvalue weighted by molar-refractivity contribution is 7.47. The lowest BCUT2D eigenvalue weighted by Gasteiger charge is -2.21. The first-order valence-electron chi connectivity index (χ1n) is 39.2. The van der Waals surface area contributed by atoms with Crippen LogP contribution in [0.25, 0.3) is 0 Å². The van der Waals surface area contributed by atoms with Crippen LogP contribution < -0.4 is 0 Å². The van der Waals surface area contributed by atoms with E-state index in [0.29, 0.717) is 25.7 Å². The summed E-state index contributed by atoms with van der Waals surface area (Å²) in [6.07, 6.45) is 56.9. The smallest absolute Gasteiger partial charge is 0.462 e. The fourth-order valence-corrected chi connectivity index (χ4v) is 13.1. The van der Waals surface area contributed by atoms with Crippen LogP contribution in [-0.2, 0) is 65.4 Å². The third kappa shape index (κ3) is 67.3. The van der Waals surface area contributed by atoms with Gasteiger partial charge in [0.05, 0.1) is 26.4 Å². The van der Waals surface area contributed by atoms with Crippen molar-refractivity contribution in [2.75, 3.05) is 39.6 Å². The molecule has 0 bridgehead atoms. The molecule has 19 heteroatoms. The number of esters is 4. The van der Waals surface area contributed by atoms with Gasteiger partial charge in [-0.3, -0.25) is 37.3 Å². The number of rotatable bonds is 75. The van der Waals surface area contributed by atoms with Gasteiger partial charge in [-0.1, -0.05) is 343 Å². The lowest BCUT2D eigenvalue weighted by Crippen LogP contribution is -2.30. The van der Waals surface area contributed by atoms with E-state index in [1.165, 1.54) is 218 Å². The van der Waals surface area contributed by atoms with Gasteiger partial charge in [-0.2, -0.15) is 0 Å². The van der Waals surface area contributed by atoms with E-state index in [1.54, 1.807) is 0 Å². The molecule has 0 heterocycles. The summed E-state index contributed by atoms with van der Waals surface area (Å²) in [6.45, 7) is 7.31. The maximum atomic E-state index is 13.1. The van der Waals surface area contributed by atoms with Gasteiger partial charge in [0, 0.05) is 25.7 Å². The molecule has 0 amide bonds. The van der Waals surface area contributed by atoms with E-state index in [2.05, 4.69) is 34.6 Å². The highest BCUT2D eigenvalue weighted by Gasteiger charge is 2.30.